The molecular weight excluding hydrogens is 306 g/mol. The van der Waals surface area contributed by atoms with Crippen LogP contribution in [0.2, 0.25) is 5.02 Å². The van der Waals surface area contributed by atoms with Crippen LogP contribution in [0.5, 0.6) is 0 Å². The first-order valence-corrected chi connectivity index (χ1v) is 7.46. The van der Waals surface area contributed by atoms with E-state index in [0.717, 1.165) is 15.8 Å². The Balaban J connectivity index is 1.89. The maximum absolute atomic E-state index is 12.2. The van der Waals surface area contributed by atoms with Gasteiger partial charge >= 0.3 is 0 Å². The Bertz CT molecular complexity index is 844. The van der Waals surface area contributed by atoms with E-state index in [1.807, 2.05) is 25.1 Å². The van der Waals surface area contributed by atoms with Crippen LogP contribution in [-0.4, -0.2) is 10.9 Å². The van der Waals surface area contributed by atoms with Gasteiger partial charge in [-0.1, -0.05) is 29.0 Å². The van der Waals surface area contributed by atoms with Crippen molar-refractivity contribution in [2.45, 2.75) is 6.92 Å². The first-order valence-electron chi connectivity index (χ1n) is 6.26. The summed E-state index contributed by atoms with van der Waals surface area (Å²) in [5.74, 6) is -0.296. The van der Waals surface area contributed by atoms with Crippen LogP contribution < -0.4 is 11.1 Å². The number of hydrogen-bond donors (Lipinski definition) is 2. The monoisotopic (exact) mass is 317 g/mol. The zero-order chi connectivity index (χ0) is 15.0. The highest BCUT2D eigenvalue weighted by molar-refractivity contribution is 7.22. The van der Waals surface area contributed by atoms with E-state index in [1.165, 1.54) is 11.3 Å². The summed E-state index contributed by atoms with van der Waals surface area (Å²) >= 11 is 7.46. The van der Waals surface area contributed by atoms with Crippen molar-refractivity contribution in [3.8, 4) is 0 Å². The van der Waals surface area contributed by atoms with Gasteiger partial charge in [-0.3, -0.25) is 10.1 Å². The molecule has 0 bridgehead atoms. The van der Waals surface area contributed by atoms with Crippen molar-refractivity contribution in [2.24, 2.45) is 0 Å². The number of anilines is 2. The third-order valence-corrected chi connectivity index (χ3v) is 4.25. The molecule has 0 spiro atoms. The second-order valence-electron chi connectivity index (χ2n) is 4.68. The largest absolute Gasteiger partial charge is 0.399 e. The Hall–Kier alpha value is -2.11. The molecule has 1 amide bonds. The minimum atomic E-state index is -0.296. The second-order valence-corrected chi connectivity index (χ2v) is 6.12. The summed E-state index contributed by atoms with van der Waals surface area (Å²) in [6.07, 6.45) is 0. The number of hydrogen-bond acceptors (Lipinski definition) is 4. The van der Waals surface area contributed by atoms with Crippen LogP contribution in [0, 0.1) is 6.92 Å². The van der Waals surface area contributed by atoms with Gasteiger partial charge < -0.3 is 5.73 Å². The van der Waals surface area contributed by atoms with E-state index in [4.69, 9.17) is 17.3 Å². The number of halogens is 1. The number of amides is 1. The van der Waals surface area contributed by atoms with Gasteiger partial charge in [0.15, 0.2) is 5.13 Å². The lowest BCUT2D eigenvalue weighted by Crippen LogP contribution is -2.12. The number of thiazole rings is 1. The normalized spacial score (nSPS) is 10.8. The molecule has 0 unspecified atom stereocenters. The third kappa shape index (κ3) is 2.84. The van der Waals surface area contributed by atoms with Crippen LogP contribution >= 0.6 is 22.9 Å². The topological polar surface area (TPSA) is 68.0 Å². The number of benzene rings is 2. The summed E-state index contributed by atoms with van der Waals surface area (Å²) in [5, 5.41) is 3.64. The summed E-state index contributed by atoms with van der Waals surface area (Å²) in [6, 6.07) is 10.8. The van der Waals surface area contributed by atoms with E-state index >= 15 is 0 Å². The van der Waals surface area contributed by atoms with E-state index in [0.29, 0.717) is 21.4 Å². The van der Waals surface area contributed by atoms with Crippen molar-refractivity contribution in [2.75, 3.05) is 11.1 Å². The van der Waals surface area contributed by atoms with E-state index in [-0.39, 0.29) is 5.91 Å². The van der Waals surface area contributed by atoms with Gasteiger partial charge in [-0.15, -0.1) is 0 Å². The molecule has 0 saturated heterocycles. The molecule has 4 nitrogen and oxygen atoms in total. The summed E-state index contributed by atoms with van der Waals surface area (Å²) in [5.41, 5.74) is 8.54. The predicted molar refractivity (Wildman–Crippen MR) is 88.2 cm³/mol. The summed E-state index contributed by atoms with van der Waals surface area (Å²) in [6.45, 7) is 2.02. The molecule has 0 fully saturated rings. The van der Waals surface area contributed by atoms with Crippen molar-refractivity contribution < 1.29 is 4.79 Å². The average molecular weight is 318 g/mol. The quantitative estimate of drug-likeness (QED) is 0.699. The lowest BCUT2D eigenvalue weighted by atomic mass is 10.2. The lowest BCUT2D eigenvalue weighted by molar-refractivity contribution is 0.102. The summed E-state index contributed by atoms with van der Waals surface area (Å²) < 4.78 is 1.04. The Morgan fingerprint density at radius 3 is 2.86 bits per heavy atom. The van der Waals surface area contributed by atoms with Gasteiger partial charge in [0.25, 0.3) is 5.91 Å². The van der Waals surface area contributed by atoms with Crippen molar-refractivity contribution in [3.05, 3.63) is 52.5 Å². The van der Waals surface area contributed by atoms with Crippen molar-refractivity contribution >= 4 is 49.9 Å². The van der Waals surface area contributed by atoms with Gasteiger partial charge in [0.05, 0.1) is 20.8 Å². The number of nitrogen functional groups attached to an aromatic ring is 1. The first kappa shape index (κ1) is 13.9. The number of nitrogens with two attached hydrogens (primary N) is 1. The highest BCUT2D eigenvalue weighted by Gasteiger charge is 2.13. The Labute approximate surface area is 130 Å². The zero-order valence-corrected chi connectivity index (χ0v) is 12.8. The van der Waals surface area contributed by atoms with Gasteiger partial charge in [0.1, 0.15) is 0 Å². The average Bonchev–Trinajstić information content (AvgIpc) is 2.79. The highest BCUT2D eigenvalue weighted by atomic mass is 35.5. The number of aromatic nitrogens is 1. The molecule has 3 rings (SSSR count). The van der Waals surface area contributed by atoms with Crippen molar-refractivity contribution in [1.29, 1.82) is 0 Å². The van der Waals surface area contributed by atoms with Gasteiger partial charge in [-0.05, 0) is 42.8 Å². The SMILES string of the molecule is Cc1ccc2nc(NC(=O)c3ccc(N)cc3Cl)sc2c1. The maximum atomic E-state index is 12.2. The zero-order valence-electron chi connectivity index (χ0n) is 11.2. The molecule has 106 valence electrons. The van der Waals surface area contributed by atoms with Gasteiger partial charge in [0.2, 0.25) is 0 Å². The molecule has 0 saturated carbocycles. The Kier molecular flexibility index (Phi) is 3.53. The number of fused-ring (bicyclic) bond motifs is 1. The molecule has 0 atom stereocenters. The lowest BCUT2D eigenvalue weighted by Gasteiger charge is -2.04. The van der Waals surface area contributed by atoms with Crippen molar-refractivity contribution in [3.63, 3.8) is 0 Å². The number of nitrogens with zero attached hydrogens (tertiary/aromatic N) is 1. The number of nitrogens with one attached hydrogen (secondary N) is 1. The fourth-order valence-corrected chi connectivity index (χ4v) is 3.20. The number of aryl methyl sites for hydroxylation is 1. The maximum Gasteiger partial charge on any atom is 0.258 e. The van der Waals surface area contributed by atoms with Crippen LogP contribution in [-0.2, 0) is 0 Å². The standard InChI is InChI=1S/C15H12ClN3OS/c1-8-2-5-12-13(6-8)21-15(18-12)19-14(20)10-4-3-9(17)7-11(10)16/h2-7H,17H2,1H3,(H,18,19,20). The van der Waals surface area contributed by atoms with Crippen LogP contribution in [0.3, 0.4) is 0 Å². The van der Waals surface area contributed by atoms with Crippen LogP contribution in [0.15, 0.2) is 36.4 Å². The molecule has 2 aromatic carbocycles. The predicted octanol–water partition coefficient (Wildman–Crippen LogP) is 4.09. The molecule has 21 heavy (non-hydrogen) atoms. The Morgan fingerprint density at radius 2 is 2.10 bits per heavy atom. The van der Waals surface area contributed by atoms with Gasteiger partial charge in [-0.2, -0.15) is 0 Å². The second kappa shape index (κ2) is 5.35. The van der Waals surface area contributed by atoms with Crippen LogP contribution in [0.4, 0.5) is 10.8 Å². The number of carbonyl (C=O) groups is 1. The van der Waals surface area contributed by atoms with Crippen LogP contribution in [0.25, 0.3) is 10.2 Å². The molecular formula is C15H12ClN3OS. The molecule has 3 N–H and O–H groups in total. The highest BCUT2D eigenvalue weighted by Crippen LogP contribution is 2.28. The van der Waals surface area contributed by atoms with Gasteiger partial charge in [0, 0.05) is 5.69 Å². The van der Waals surface area contributed by atoms with E-state index in [2.05, 4.69) is 10.3 Å². The smallest absolute Gasteiger partial charge is 0.258 e. The molecule has 6 heteroatoms. The van der Waals surface area contributed by atoms with Crippen molar-refractivity contribution in [1.82, 2.24) is 4.98 Å². The molecule has 1 aromatic heterocycles. The molecule has 0 aliphatic carbocycles. The van der Waals surface area contributed by atoms with E-state index in [1.54, 1.807) is 18.2 Å². The van der Waals surface area contributed by atoms with E-state index < -0.39 is 0 Å². The number of carbonyl (C=O) groups excluding carboxylic acids is 1. The Morgan fingerprint density at radius 1 is 1.29 bits per heavy atom. The van der Waals surface area contributed by atoms with E-state index in [9.17, 15) is 4.79 Å². The molecule has 0 radical (unpaired) electrons. The molecule has 1 heterocycles. The summed E-state index contributed by atoms with van der Waals surface area (Å²) in [7, 11) is 0. The molecule has 0 aliphatic heterocycles. The first-order chi connectivity index (χ1) is 10.0. The van der Waals surface area contributed by atoms with Crippen LogP contribution in [0.1, 0.15) is 15.9 Å². The minimum Gasteiger partial charge on any atom is -0.399 e. The van der Waals surface area contributed by atoms with Gasteiger partial charge in [-0.25, -0.2) is 4.98 Å². The number of rotatable bonds is 2. The third-order valence-electron chi connectivity index (χ3n) is 3.00. The summed E-state index contributed by atoms with van der Waals surface area (Å²) in [4.78, 5) is 16.6. The molecule has 0 aliphatic rings. The fraction of sp³-hybridized carbons (Fsp3) is 0.0667. The minimum absolute atomic E-state index is 0.296. The fourth-order valence-electron chi connectivity index (χ4n) is 1.97. The molecule has 3 aromatic rings.